The third kappa shape index (κ3) is 3.39. The lowest BCUT2D eigenvalue weighted by Gasteiger charge is -2.17. The van der Waals surface area contributed by atoms with E-state index in [-0.39, 0.29) is 10.6 Å². The molecule has 1 unspecified atom stereocenters. The highest BCUT2D eigenvalue weighted by Crippen LogP contribution is 2.13. The molecular weight excluding hydrogens is 216 g/mol. The highest BCUT2D eigenvalue weighted by molar-refractivity contribution is 5.32. The number of benzene rings is 1. The van der Waals surface area contributed by atoms with Crippen molar-refractivity contribution in [1.82, 2.24) is 5.32 Å². The zero-order chi connectivity index (χ0) is 12.1. The number of hydrogen-bond acceptors (Lipinski definition) is 3. The van der Waals surface area contributed by atoms with Gasteiger partial charge in [0.05, 0.1) is 4.92 Å². The molecule has 1 aromatic carbocycles. The van der Waals surface area contributed by atoms with Crippen LogP contribution in [0.1, 0.15) is 24.8 Å². The van der Waals surface area contributed by atoms with E-state index in [1.54, 1.807) is 24.3 Å². The molecule has 0 saturated heterocycles. The Kier molecular flexibility index (Phi) is 3.88. The quantitative estimate of drug-likeness (QED) is 0.493. The Balaban J connectivity index is 1.88. The summed E-state index contributed by atoms with van der Waals surface area (Å²) < 4.78 is 0. The van der Waals surface area contributed by atoms with E-state index in [0.717, 1.165) is 12.1 Å². The topological polar surface area (TPSA) is 55.2 Å². The van der Waals surface area contributed by atoms with E-state index in [9.17, 15) is 10.1 Å². The molecule has 2 rings (SSSR count). The molecule has 0 radical (unpaired) electrons. The van der Waals surface area contributed by atoms with Gasteiger partial charge in [-0.2, -0.15) is 0 Å². The average molecular weight is 232 g/mol. The first kappa shape index (κ1) is 11.8. The molecule has 90 valence electrons. The summed E-state index contributed by atoms with van der Waals surface area (Å²) >= 11 is 0. The van der Waals surface area contributed by atoms with Crippen LogP contribution in [0.15, 0.2) is 36.4 Å². The number of nitrogens with zero attached hydrogens (tertiary/aromatic N) is 1. The van der Waals surface area contributed by atoms with Gasteiger partial charge in [0.25, 0.3) is 5.69 Å². The van der Waals surface area contributed by atoms with Gasteiger partial charge in [-0.15, -0.1) is 0 Å². The minimum atomic E-state index is -0.374. The number of allylic oxidation sites excluding steroid dienone is 1. The standard InChI is InChI=1S/C13H16N2O2/c16-15(17)13-8-6-11(7-9-13)10-14-12-4-2-1-3-5-12/h2,4,6-9,12,14H,1,3,5,10H2. The molecule has 0 heterocycles. The van der Waals surface area contributed by atoms with Gasteiger partial charge in [0.15, 0.2) is 0 Å². The third-order valence-corrected chi connectivity index (χ3v) is 2.97. The largest absolute Gasteiger partial charge is 0.306 e. The SMILES string of the molecule is O=[N+]([O-])c1ccc(CNC2C=CCCC2)cc1. The van der Waals surface area contributed by atoms with Gasteiger partial charge in [-0.05, 0) is 24.8 Å². The molecule has 1 atom stereocenters. The molecule has 17 heavy (non-hydrogen) atoms. The maximum atomic E-state index is 10.5. The molecule has 0 aromatic heterocycles. The van der Waals surface area contributed by atoms with Crippen LogP contribution in [0, 0.1) is 10.1 Å². The second-order valence-electron chi connectivity index (χ2n) is 4.27. The first-order chi connectivity index (χ1) is 8.25. The van der Waals surface area contributed by atoms with E-state index in [0.29, 0.717) is 6.04 Å². The lowest BCUT2D eigenvalue weighted by molar-refractivity contribution is -0.384. The van der Waals surface area contributed by atoms with E-state index in [1.807, 2.05) is 0 Å². The normalized spacial score (nSPS) is 19.2. The van der Waals surface area contributed by atoms with E-state index >= 15 is 0 Å². The molecule has 1 aromatic rings. The first-order valence-corrected chi connectivity index (χ1v) is 5.89. The van der Waals surface area contributed by atoms with Gasteiger partial charge in [-0.25, -0.2) is 0 Å². The Morgan fingerprint density at radius 3 is 2.71 bits per heavy atom. The van der Waals surface area contributed by atoms with Crippen molar-refractivity contribution in [2.75, 3.05) is 0 Å². The highest BCUT2D eigenvalue weighted by atomic mass is 16.6. The van der Waals surface area contributed by atoms with Crippen LogP contribution >= 0.6 is 0 Å². The zero-order valence-electron chi connectivity index (χ0n) is 9.63. The second kappa shape index (κ2) is 5.59. The molecule has 1 N–H and O–H groups in total. The summed E-state index contributed by atoms with van der Waals surface area (Å²) in [6.07, 6.45) is 7.99. The fraction of sp³-hybridized carbons (Fsp3) is 0.385. The minimum Gasteiger partial charge on any atom is -0.306 e. The Morgan fingerprint density at radius 2 is 2.12 bits per heavy atom. The molecule has 1 aliphatic rings. The second-order valence-corrected chi connectivity index (χ2v) is 4.27. The fourth-order valence-electron chi connectivity index (χ4n) is 1.97. The number of rotatable bonds is 4. The summed E-state index contributed by atoms with van der Waals surface area (Å²) in [4.78, 5) is 10.1. The van der Waals surface area contributed by atoms with Gasteiger partial charge in [0.2, 0.25) is 0 Å². The molecule has 0 aliphatic heterocycles. The van der Waals surface area contributed by atoms with Crippen molar-refractivity contribution in [3.05, 3.63) is 52.1 Å². The maximum Gasteiger partial charge on any atom is 0.269 e. The Hall–Kier alpha value is -1.68. The van der Waals surface area contributed by atoms with E-state index in [2.05, 4.69) is 17.5 Å². The van der Waals surface area contributed by atoms with Gasteiger partial charge in [-0.3, -0.25) is 10.1 Å². The Labute approximate surface area is 100 Å². The van der Waals surface area contributed by atoms with Crippen LogP contribution in [-0.2, 0) is 6.54 Å². The lowest BCUT2D eigenvalue weighted by Crippen LogP contribution is -2.27. The van der Waals surface area contributed by atoms with Gasteiger partial charge >= 0.3 is 0 Å². The van der Waals surface area contributed by atoms with Crippen molar-refractivity contribution in [1.29, 1.82) is 0 Å². The molecule has 0 fully saturated rings. The Morgan fingerprint density at radius 1 is 1.35 bits per heavy atom. The molecule has 4 nitrogen and oxygen atoms in total. The van der Waals surface area contributed by atoms with Gasteiger partial charge < -0.3 is 5.32 Å². The lowest BCUT2D eigenvalue weighted by atomic mass is 10.0. The number of non-ortho nitro benzene ring substituents is 1. The minimum absolute atomic E-state index is 0.145. The van der Waals surface area contributed by atoms with E-state index in [1.165, 1.54) is 19.3 Å². The van der Waals surface area contributed by atoms with Gasteiger partial charge in [-0.1, -0.05) is 24.3 Å². The zero-order valence-corrected chi connectivity index (χ0v) is 9.63. The average Bonchev–Trinajstić information content (AvgIpc) is 2.38. The fourth-order valence-corrected chi connectivity index (χ4v) is 1.97. The van der Waals surface area contributed by atoms with Crippen LogP contribution in [-0.4, -0.2) is 11.0 Å². The van der Waals surface area contributed by atoms with Crippen LogP contribution < -0.4 is 5.32 Å². The van der Waals surface area contributed by atoms with Crippen molar-refractivity contribution >= 4 is 5.69 Å². The molecule has 0 amide bonds. The van der Waals surface area contributed by atoms with Crippen LogP contribution in [0.2, 0.25) is 0 Å². The molecule has 1 aliphatic carbocycles. The summed E-state index contributed by atoms with van der Waals surface area (Å²) in [7, 11) is 0. The van der Waals surface area contributed by atoms with E-state index < -0.39 is 0 Å². The smallest absolute Gasteiger partial charge is 0.269 e. The predicted molar refractivity (Wildman–Crippen MR) is 66.7 cm³/mol. The summed E-state index contributed by atoms with van der Waals surface area (Å²) in [5.74, 6) is 0. The summed E-state index contributed by atoms with van der Waals surface area (Å²) in [5.41, 5.74) is 1.22. The summed E-state index contributed by atoms with van der Waals surface area (Å²) in [6, 6.07) is 7.15. The monoisotopic (exact) mass is 232 g/mol. The Bertz CT molecular complexity index is 412. The third-order valence-electron chi connectivity index (χ3n) is 2.97. The molecule has 4 heteroatoms. The summed E-state index contributed by atoms with van der Waals surface area (Å²) in [6.45, 7) is 0.757. The van der Waals surface area contributed by atoms with Crippen LogP contribution in [0.4, 0.5) is 5.69 Å². The van der Waals surface area contributed by atoms with E-state index in [4.69, 9.17) is 0 Å². The van der Waals surface area contributed by atoms with Crippen LogP contribution in [0.25, 0.3) is 0 Å². The van der Waals surface area contributed by atoms with Crippen LogP contribution in [0.3, 0.4) is 0 Å². The molecule has 0 bridgehead atoms. The van der Waals surface area contributed by atoms with Crippen molar-refractivity contribution < 1.29 is 4.92 Å². The molecule has 0 spiro atoms. The predicted octanol–water partition coefficient (Wildman–Crippen LogP) is 2.79. The first-order valence-electron chi connectivity index (χ1n) is 5.89. The van der Waals surface area contributed by atoms with Crippen molar-refractivity contribution in [3.63, 3.8) is 0 Å². The van der Waals surface area contributed by atoms with Crippen LogP contribution in [0.5, 0.6) is 0 Å². The van der Waals surface area contributed by atoms with Crippen molar-refractivity contribution in [2.24, 2.45) is 0 Å². The number of hydrogen-bond donors (Lipinski definition) is 1. The molecule has 0 saturated carbocycles. The number of nitrogens with one attached hydrogen (secondary N) is 1. The van der Waals surface area contributed by atoms with Crippen molar-refractivity contribution in [3.8, 4) is 0 Å². The highest BCUT2D eigenvalue weighted by Gasteiger charge is 2.08. The van der Waals surface area contributed by atoms with Crippen molar-refractivity contribution in [2.45, 2.75) is 31.8 Å². The maximum absolute atomic E-state index is 10.5. The summed E-state index contributed by atoms with van der Waals surface area (Å²) in [5, 5.41) is 13.9. The number of nitro benzene ring substituents is 1. The molecular formula is C13H16N2O2. The van der Waals surface area contributed by atoms with Gasteiger partial charge in [0.1, 0.15) is 0 Å². The number of nitro groups is 1. The van der Waals surface area contributed by atoms with Gasteiger partial charge in [0, 0.05) is 24.7 Å².